The molecule has 2 rings (SSSR count). The lowest BCUT2D eigenvalue weighted by Crippen LogP contribution is -2.14. The minimum atomic E-state index is -0.477. The zero-order chi connectivity index (χ0) is 18.4. The number of Topliss-reactive ketones (excluding diaryl/α,β-unsaturated/α-hetero) is 1. The van der Waals surface area contributed by atoms with Crippen LogP contribution in [0.4, 0.5) is 5.69 Å². The van der Waals surface area contributed by atoms with E-state index in [2.05, 4.69) is 0 Å². The molecule has 2 aromatic rings. The maximum absolute atomic E-state index is 12.3. The van der Waals surface area contributed by atoms with Gasteiger partial charge in [0.25, 0.3) is 5.69 Å². The molecule has 0 aliphatic heterocycles. The third kappa shape index (κ3) is 4.21. The van der Waals surface area contributed by atoms with E-state index in [1.165, 1.54) is 18.2 Å². The number of hydrogen-bond donors (Lipinski definition) is 0. The van der Waals surface area contributed by atoms with Crippen molar-refractivity contribution in [2.24, 2.45) is 5.92 Å². The van der Waals surface area contributed by atoms with Crippen LogP contribution >= 0.6 is 0 Å². The van der Waals surface area contributed by atoms with Crippen LogP contribution in [0.15, 0.2) is 46.4 Å². The second kappa shape index (κ2) is 8.06. The molecule has 6 nitrogen and oxygen atoms in total. The number of rotatable bonds is 7. The van der Waals surface area contributed by atoms with Crippen LogP contribution < -0.4 is 0 Å². The second-order valence-corrected chi connectivity index (χ2v) is 5.56. The van der Waals surface area contributed by atoms with Crippen molar-refractivity contribution in [2.45, 2.75) is 26.7 Å². The van der Waals surface area contributed by atoms with Gasteiger partial charge < -0.3 is 4.42 Å². The molecule has 0 aliphatic rings. The number of benzene rings is 1. The molecule has 6 heteroatoms. The zero-order valence-electron chi connectivity index (χ0n) is 14.1. The molecule has 0 atom stereocenters. The third-order valence-corrected chi connectivity index (χ3v) is 4.00. The first kappa shape index (κ1) is 18.1. The maximum atomic E-state index is 12.3. The van der Waals surface area contributed by atoms with Crippen LogP contribution in [0.25, 0.3) is 17.4 Å². The number of carbonyl (C=O) groups is 1. The summed E-state index contributed by atoms with van der Waals surface area (Å²) >= 11 is 0. The first-order valence-corrected chi connectivity index (χ1v) is 8.00. The number of furan rings is 1. The topological polar surface area (TPSA) is 97.1 Å². The number of carbonyl (C=O) groups excluding carboxylic acids is 1. The quantitative estimate of drug-likeness (QED) is 0.313. The average Bonchev–Trinajstić information content (AvgIpc) is 3.09. The van der Waals surface area contributed by atoms with Gasteiger partial charge in [-0.2, -0.15) is 5.26 Å². The third-order valence-electron chi connectivity index (χ3n) is 4.00. The Labute approximate surface area is 145 Å². The van der Waals surface area contributed by atoms with Gasteiger partial charge in [-0.15, -0.1) is 0 Å². The monoisotopic (exact) mass is 338 g/mol. The Morgan fingerprint density at radius 1 is 1.32 bits per heavy atom. The van der Waals surface area contributed by atoms with Gasteiger partial charge in [0.15, 0.2) is 5.78 Å². The van der Waals surface area contributed by atoms with Crippen molar-refractivity contribution in [3.8, 4) is 17.4 Å². The number of ketones is 1. The smallest absolute Gasteiger partial charge is 0.270 e. The molecule has 0 amide bonds. The number of allylic oxidation sites excluding steroid dienone is 1. The van der Waals surface area contributed by atoms with E-state index in [1.54, 1.807) is 24.3 Å². The lowest BCUT2D eigenvalue weighted by molar-refractivity contribution is -0.384. The molecule has 128 valence electrons. The molecule has 0 unspecified atom stereocenters. The van der Waals surface area contributed by atoms with Gasteiger partial charge in [0, 0.05) is 29.7 Å². The van der Waals surface area contributed by atoms with Gasteiger partial charge in [0.2, 0.25) is 0 Å². The standard InChI is InChI=1S/C19H18N2O4/c1-3-13(4-2)19(22)15(12-20)11-17-8-9-18(25-17)14-6-5-7-16(10-14)21(23)24/h5-11,13H,3-4H2,1-2H3/b15-11+. The summed E-state index contributed by atoms with van der Waals surface area (Å²) in [5.41, 5.74) is 0.569. The summed E-state index contributed by atoms with van der Waals surface area (Å²) in [7, 11) is 0. The van der Waals surface area contributed by atoms with E-state index in [4.69, 9.17) is 4.42 Å². The molecular weight excluding hydrogens is 320 g/mol. The first-order valence-electron chi connectivity index (χ1n) is 8.00. The Hall–Kier alpha value is -3.20. The molecule has 1 heterocycles. The van der Waals surface area contributed by atoms with Crippen molar-refractivity contribution in [3.05, 3.63) is 57.8 Å². The van der Waals surface area contributed by atoms with Gasteiger partial charge in [0.05, 0.1) is 10.5 Å². The molecule has 1 aromatic heterocycles. The Morgan fingerprint density at radius 3 is 2.64 bits per heavy atom. The highest BCUT2D eigenvalue weighted by molar-refractivity contribution is 6.04. The van der Waals surface area contributed by atoms with Crippen LogP contribution in [0.2, 0.25) is 0 Å². The van der Waals surface area contributed by atoms with Crippen molar-refractivity contribution in [1.29, 1.82) is 5.26 Å². The number of nitro groups is 1. The molecule has 0 aliphatic carbocycles. The molecule has 0 fully saturated rings. The van der Waals surface area contributed by atoms with Crippen molar-refractivity contribution in [1.82, 2.24) is 0 Å². The van der Waals surface area contributed by atoms with E-state index < -0.39 is 4.92 Å². The van der Waals surface area contributed by atoms with Crippen LogP contribution in [0.5, 0.6) is 0 Å². The van der Waals surface area contributed by atoms with E-state index in [9.17, 15) is 20.2 Å². The minimum Gasteiger partial charge on any atom is -0.457 e. The molecule has 0 bridgehead atoms. The van der Waals surface area contributed by atoms with Gasteiger partial charge in [-0.3, -0.25) is 14.9 Å². The van der Waals surface area contributed by atoms with Gasteiger partial charge in [-0.25, -0.2) is 0 Å². The average molecular weight is 338 g/mol. The highest BCUT2D eigenvalue weighted by atomic mass is 16.6. The highest BCUT2D eigenvalue weighted by Gasteiger charge is 2.19. The molecule has 0 radical (unpaired) electrons. The van der Waals surface area contributed by atoms with Gasteiger partial charge in [-0.1, -0.05) is 26.0 Å². The summed E-state index contributed by atoms with van der Waals surface area (Å²) in [6.07, 6.45) is 2.76. The van der Waals surface area contributed by atoms with Crippen LogP contribution in [0.3, 0.4) is 0 Å². The Kier molecular flexibility index (Phi) is 5.85. The number of nitriles is 1. The Morgan fingerprint density at radius 2 is 2.04 bits per heavy atom. The predicted molar refractivity (Wildman–Crippen MR) is 93.5 cm³/mol. The van der Waals surface area contributed by atoms with Crippen molar-refractivity contribution >= 4 is 17.5 Å². The van der Waals surface area contributed by atoms with Crippen molar-refractivity contribution in [3.63, 3.8) is 0 Å². The van der Waals surface area contributed by atoms with Crippen LogP contribution in [-0.4, -0.2) is 10.7 Å². The zero-order valence-corrected chi connectivity index (χ0v) is 14.1. The molecule has 0 saturated carbocycles. The van der Waals surface area contributed by atoms with Gasteiger partial charge in [0.1, 0.15) is 17.6 Å². The minimum absolute atomic E-state index is 0.0346. The fourth-order valence-electron chi connectivity index (χ4n) is 2.54. The van der Waals surface area contributed by atoms with Crippen LogP contribution in [0.1, 0.15) is 32.4 Å². The van der Waals surface area contributed by atoms with Crippen LogP contribution in [-0.2, 0) is 4.79 Å². The molecule has 0 saturated heterocycles. The normalized spacial score (nSPS) is 11.4. The van der Waals surface area contributed by atoms with E-state index >= 15 is 0 Å². The highest BCUT2D eigenvalue weighted by Crippen LogP contribution is 2.27. The lowest BCUT2D eigenvalue weighted by Gasteiger charge is -2.09. The SMILES string of the molecule is CCC(CC)C(=O)/C(C#N)=C/c1ccc(-c2cccc([N+](=O)[O-])c2)o1. The van der Waals surface area contributed by atoms with Crippen molar-refractivity contribution < 1.29 is 14.1 Å². The molecule has 25 heavy (non-hydrogen) atoms. The van der Waals surface area contributed by atoms with Crippen LogP contribution in [0, 0.1) is 27.4 Å². The maximum Gasteiger partial charge on any atom is 0.270 e. The number of nitrogens with zero attached hydrogens (tertiary/aromatic N) is 2. The summed E-state index contributed by atoms with van der Waals surface area (Å²) in [4.78, 5) is 22.7. The molecular formula is C19H18N2O4. The number of hydrogen-bond acceptors (Lipinski definition) is 5. The summed E-state index contributed by atoms with van der Waals surface area (Å²) in [5.74, 6) is 0.414. The van der Waals surface area contributed by atoms with Crippen molar-refractivity contribution in [2.75, 3.05) is 0 Å². The summed E-state index contributed by atoms with van der Waals surface area (Å²) in [5, 5.41) is 20.1. The Balaban J connectivity index is 2.31. The van der Waals surface area contributed by atoms with E-state index in [0.29, 0.717) is 29.9 Å². The summed E-state index contributed by atoms with van der Waals surface area (Å²) in [6.45, 7) is 3.82. The van der Waals surface area contributed by atoms with E-state index in [-0.39, 0.29) is 23.0 Å². The lowest BCUT2D eigenvalue weighted by atomic mass is 9.93. The summed E-state index contributed by atoms with van der Waals surface area (Å²) in [6, 6.07) is 11.3. The predicted octanol–water partition coefficient (Wildman–Crippen LogP) is 4.77. The molecule has 0 spiro atoms. The molecule has 1 aromatic carbocycles. The van der Waals surface area contributed by atoms with Gasteiger partial charge in [-0.05, 0) is 25.0 Å². The largest absolute Gasteiger partial charge is 0.457 e. The van der Waals surface area contributed by atoms with E-state index in [0.717, 1.165) is 0 Å². The first-order chi connectivity index (χ1) is 12.0. The number of nitro benzene ring substituents is 1. The summed E-state index contributed by atoms with van der Waals surface area (Å²) < 4.78 is 5.63. The second-order valence-electron chi connectivity index (χ2n) is 5.56. The number of non-ortho nitro benzene ring substituents is 1. The van der Waals surface area contributed by atoms with E-state index in [1.807, 2.05) is 19.9 Å². The van der Waals surface area contributed by atoms with Gasteiger partial charge >= 0.3 is 0 Å². The fourth-order valence-corrected chi connectivity index (χ4v) is 2.54. The Bertz CT molecular complexity index is 854. The molecule has 0 N–H and O–H groups in total. The fraction of sp³-hybridized carbons (Fsp3) is 0.263.